The zero-order chi connectivity index (χ0) is 11.3. The molecule has 1 rings (SSSR count). The summed E-state index contributed by atoms with van der Waals surface area (Å²) in [6, 6.07) is 8.03. The van der Waals surface area contributed by atoms with Crippen LogP contribution in [0.25, 0.3) is 0 Å². The van der Waals surface area contributed by atoms with Gasteiger partial charge in [-0.25, -0.2) is 0 Å². The van der Waals surface area contributed by atoms with Crippen molar-refractivity contribution in [1.29, 1.82) is 0 Å². The van der Waals surface area contributed by atoms with E-state index in [2.05, 4.69) is 26.8 Å². The second-order valence-corrected chi connectivity index (χ2v) is 3.82. The van der Waals surface area contributed by atoms with Crippen LogP contribution in [-0.2, 0) is 4.74 Å². The van der Waals surface area contributed by atoms with Crippen molar-refractivity contribution < 1.29 is 9.47 Å². The lowest BCUT2D eigenvalue weighted by Crippen LogP contribution is -2.10. The fourth-order valence-corrected chi connectivity index (χ4v) is 1.65. The molecule has 15 heavy (non-hydrogen) atoms. The van der Waals surface area contributed by atoms with Crippen molar-refractivity contribution in [2.45, 2.75) is 39.4 Å². The summed E-state index contributed by atoms with van der Waals surface area (Å²) in [6.07, 6.45) is 1.32. The maximum atomic E-state index is 5.85. The molecule has 0 heterocycles. The molecule has 0 aliphatic carbocycles. The van der Waals surface area contributed by atoms with E-state index in [1.165, 1.54) is 0 Å². The van der Waals surface area contributed by atoms with E-state index >= 15 is 0 Å². The summed E-state index contributed by atoms with van der Waals surface area (Å²) in [5, 5.41) is 0. The summed E-state index contributed by atoms with van der Waals surface area (Å²) in [5.74, 6) is 0.907. The topological polar surface area (TPSA) is 18.5 Å². The van der Waals surface area contributed by atoms with Gasteiger partial charge in [-0.15, -0.1) is 0 Å². The van der Waals surface area contributed by atoms with Gasteiger partial charge < -0.3 is 9.47 Å². The highest BCUT2D eigenvalue weighted by Crippen LogP contribution is 2.30. The Labute approximate surface area is 92.2 Å². The van der Waals surface area contributed by atoms with Gasteiger partial charge in [0, 0.05) is 5.56 Å². The second-order valence-electron chi connectivity index (χ2n) is 3.82. The molecule has 2 heteroatoms. The summed E-state index contributed by atoms with van der Waals surface area (Å²) >= 11 is 0. The lowest BCUT2D eigenvalue weighted by Gasteiger charge is -2.21. The molecule has 84 valence electrons. The van der Waals surface area contributed by atoms with Crippen molar-refractivity contribution in [2.24, 2.45) is 0 Å². The van der Waals surface area contributed by atoms with Gasteiger partial charge in [0.1, 0.15) is 5.75 Å². The molecule has 0 bridgehead atoms. The van der Waals surface area contributed by atoms with Crippen LogP contribution < -0.4 is 4.74 Å². The third-order valence-corrected chi connectivity index (χ3v) is 2.29. The molecule has 0 N–H and O–H groups in total. The van der Waals surface area contributed by atoms with Crippen molar-refractivity contribution >= 4 is 0 Å². The highest BCUT2D eigenvalue weighted by Gasteiger charge is 2.15. The van der Waals surface area contributed by atoms with Gasteiger partial charge in [0.05, 0.1) is 19.3 Å². The molecule has 0 saturated heterocycles. The Morgan fingerprint density at radius 1 is 1.20 bits per heavy atom. The van der Waals surface area contributed by atoms with Crippen LogP contribution in [0, 0.1) is 0 Å². The summed E-state index contributed by atoms with van der Waals surface area (Å²) in [7, 11) is 1.70. The monoisotopic (exact) mass is 208 g/mol. The zero-order valence-corrected chi connectivity index (χ0v) is 9.99. The SMILES string of the molecule is CC[C@H](OC(C)C)c1ccccc1OC. The number of hydrogen-bond donors (Lipinski definition) is 0. The first-order valence-corrected chi connectivity index (χ1v) is 5.47. The van der Waals surface area contributed by atoms with E-state index in [1.807, 2.05) is 18.2 Å². The van der Waals surface area contributed by atoms with E-state index in [0.717, 1.165) is 17.7 Å². The molecule has 0 spiro atoms. The van der Waals surface area contributed by atoms with Crippen LogP contribution in [0.1, 0.15) is 38.9 Å². The zero-order valence-electron chi connectivity index (χ0n) is 9.99. The minimum absolute atomic E-state index is 0.126. The Balaban J connectivity index is 2.90. The largest absolute Gasteiger partial charge is 0.496 e. The minimum atomic E-state index is 0.126. The van der Waals surface area contributed by atoms with Crippen LogP contribution in [0.2, 0.25) is 0 Å². The lowest BCUT2D eigenvalue weighted by atomic mass is 10.1. The van der Waals surface area contributed by atoms with Crippen LogP contribution in [0.4, 0.5) is 0 Å². The number of hydrogen-bond acceptors (Lipinski definition) is 2. The molecule has 0 aliphatic heterocycles. The molecule has 1 aromatic carbocycles. The second kappa shape index (κ2) is 5.76. The molecule has 0 aliphatic rings. The number of ether oxygens (including phenoxy) is 2. The summed E-state index contributed by atoms with van der Waals surface area (Å²) in [6.45, 7) is 6.23. The average molecular weight is 208 g/mol. The Kier molecular flexibility index (Phi) is 4.63. The molecule has 1 atom stereocenters. The first kappa shape index (κ1) is 12.1. The Morgan fingerprint density at radius 3 is 2.40 bits per heavy atom. The Hall–Kier alpha value is -1.02. The van der Waals surface area contributed by atoms with Gasteiger partial charge in [0.25, 0.3) is 0 Å². The molecule has 0 radical (unpaired) electrons. The molecule has 0 unspecified atom stereocenters. The molecule has 1 aromatic rings. The molecule has 0 fully saturated rings. The lowest BCUT2D eigenvalue weighted by molar-refractivity contribution is 0.00329. The van der Waals surface area contributed by atoms with Gasteiger partial charge >= 0.3 is 0 Å². The highest BCUT2D eigenvalue weighted by molar-refractivity contribution is 5.35. The molecule has 0 aromatic heterocycles. The molecule has 0 saturated carbocycles. The first-order valence-electron chi connectivity index (χ1n) is 5.47. The average Bonchev–Trinajstić information content (AvgIpc) is 2.25. The number of methoxy groups -OCH3 is 1. The number of para-hydroxylation sites is 1. The standard InChI is InChI=1S/C13H20O2/c1-5-12(15-10(2)3)11-8-6-7-9-13(11)14-4/h6-10,12H,5H2,1-4H3/t12-/m0/s1. The van der Waals surface area contributed by atoms with Gasteiger partial charge in [-0.1, -0.05) is 25.1 Å². The van der Waals surface area contributed by atoms with Gasteiger partial charge in [-0.05, 0) is 26.3 Å². The fraction of sp³-hybridized carbons (Fsp3) is 0.538. The predicted molar refractivity (Wildman–Crippen MR) is 62.2 cm³/mol. The van der Waals surface area contributed by atoms with E-state index in [1.54, 1.807) is 7.11 Å². The predicted octanol–water partition coefficient (Wildman–Crippen LogP) is 3.57. The van der Waals surface area contributed by atoms with E-state index in [0.29, 0.717) is 0 Å². The number of rotatable bonds is 5. The van der Waals surface area contributed by atoms with Crippen molar-refractivity contribution in [3.63, 3.8) is 0 Å². The summed E-state index contributed by atoms with van der Waals surface area (Å²) < 4.78 is 11.2. The van der Waals surface area contributed by atoms with Gasteiger partial charge in [0.2, 0.25) is 0 Å². The molecule has 0 amide bonds. The van der Waals surface area contributed by atoms with Crippen LogP contribution in [0.3, 0.4) is 0 Å². The maximum absolute atomic E-state index is 5.85. The van der Waals surface area contributed by atoms with E-state index < -0.39 is 0 Å². The fourth-order valence-electron chi connectivity index (χ4n) is 1.65. The Bertz CT molecular complexity index is 294. The molecular formula is C13H20O2. The van der Waals surface area contributed by atoms with Gasteiger partial charge in [0.15, 0.2) is 0 Å². The van der Waals surface area contributed by atoms with Crippen molar-refractivity contribution in [3.05, 3.63) is 29.8 Å². The van der Waals surface area contributed by atoms with E-state index in [-0.39, 0.29) is 12.2 Å². The third kappa shape index (κ3) is 3.24. The summed E-state index contributed by atoms with van der Waals surface area (Å²) in [5.41, 5.74) is 1.14. The van der Waals surface area contributed by atoms with Crippen molar-refractivity contribution in [2.75, 3.05) is 7.11 Å². The van der Waals surface area contributed by atoms with E-state index in [9.17, 15) is 0 Å². The van der Waals surface area contributed by atoms with Crippen molar-refractivity contribution in [3.8, 4) is 5.75 Å². The van der Waals surface area contributed by atoms with Crippen LogP contribution in [0.5, 0.6) is 5.75 Å². The first-order chi connectivity index (χ1) is 7.19. The third-order valence-electron chi connectivity index (χ3n) is 2.29. The smallest absolute Gasteiger partial charge is 0.124 e. The highest BCUT2D eigenvalue weighted by atomic mass is 16.5. The molecule has 2 nitrogen and oxygen atoms in total. The minimum Gasteiger partial charge on any atom is -0.496 e. The van der Waals surface area contributed by atoms with Crippen LogP contribution >= 0.6 is 0 Å². The van der Waals surface area contributed by atoms with Gasteiger partial charge in [-0.2, -0.15) is 0 Å². The van der Waals surface area contributed by atoms with Crippen LogP contribution in [-0.4, -0.2) is 13.2 Å². The number of benzene rings is 1. The summed E-state index contributed by atoms with van der Waals surface area (Å²) in [4.78, 5) is 0. The molecular weight excluding hydrogens is 188 g/mol. The van der Waals surface area contributed by atoms with E-state index in [4.69, 9.17) is 9.47 Å². The van der Waals surface area contributed by atoms with Gasteiger partial charge in [-0.3, -0.25) is 0 Å². The van der Waals surface area contributed by atoms with Crippen molar-refractivity contribution in [1.82, 2.24) is 0 Å². The Morgan fingerprint density at radius 2 is 1.87 bits per heavy atom. The maximum Gasteiger partial charge on any atom is 0.124 e. The normalized spacial score (nSPS) is 12.9. The van der Waals surface area contributed by atoms with Crippen LogP contribution in [0.15, 0.2) is 24.3 Å². The quantitative estimate of drug-likeness (QED) is 0.736.